The Morgan fingerprint density at radius 2 is 1.76 bits per heavy atom. The number of hydrogen-bond donors (Lipinski definition) is 0. The van der Waals surface area contributed by atoms with Crippen molar-refractivity contribution in [3.05, 3.63) is 36.5 Å². The van der Waals surface area contributed by atoms with Crippen molar-refractivity contribution in [3.8, 4) is 17.0 Å². The van der Waals surface area contributed by atoms with Gasteiger partial charge in [-0.1, -0.05) is 0 Å². The van der Waals surface area contributed by atoms with Gasteiger partial charge in [-0.3, -0.25) is 4.68 Å². The lowest BCUT2D eigenvalue weighted by Gasteiger charge is -2.09. The molecular formula is C11H9F3N2O. The largest absolute Gasteiger partial charge is 0.573 e. The van der Waals surface area contributed by atoms with E-state index in [0.29, 0.717) is 0 Å². The number of aryl methyl sites for hydroxylation is 1. The summed E-state index contributed by atoms with van der Waals surface area (Å²) in [6, 6.07) is 7.43. The lowest BCUT2D eigenvalue weighted by atomic mass is 10.1. The average Bonchev–Trinajstić information content (AvgIpc) is 2.63. The van der Waals surface area contributed by atoms with Crippen LogP contribution in [0.25, 0.3) is 11.3 Å². The van der Waals surface area contributed by atoms with Crippen LogP contribution < -0.4 is 4.74 Å². The molecule has 3 nitrogen and oxygen atoms in total. The molecule has 0 atom stereocenters. The highest BCUT2D eigenvalue weighted by atomic mass is 19.4. The fourth-order valence-electron chi connectivity index (χ4n) is 1.48. The van der Waals surface area contributed by atoms with Gasteiger partial charge in [-0.15, -0.1) is 13.2 Å². The van der Waals surface area contributed by atoms with Gasteiger partial charge in [-0.2, -0.15) is 5.10 Å². The summed E-state index contributed by atoms with van der Waals surface area (Å²) >= 11 is 0. The molecule has 1 heterocycles. The molecule has 0 aliphatic carbocycles. The van der Waals surface area contributed by atoms with Crippen molar-refractivity contribution in [1.82, 2.24) is 9.78 Å². The minimum Gasteiger partial charge on any atom is -0.406 e. The Labute approximate surface area is 95.4 Å². The van der Waals surface area contributed by atoms with Crippen LogP contribution in [0, 0.1) is 0 Å². The standard InChI is InChI=1S/C11H9F3N2O/c1-16-10(6-7-15-16)8-2-4-9(5-3-8)17-11(12,13)14/h2-7H,1H3. The van der Waals surface area contributed by atoms with Gasteiger partial charge >= 0.3 is 6.36 Å². The molecule has 0 bridgehead atoms. The monoisotopic (exact) mass is 242 g/mol. The second-order valence-corrected chi connectivity index (χ2v) is 3.41. The van der Waals surface area contributed by atoms with E-state index in [9.17, 15) is 13.2 Å². The Hall–Kier alpha value is -1.98. The summed E-state index contributed by atoms with van der Waals surface area (Å²) in [7, 11) is 1.76. The van der Waals surface area contributed by atoms with Crippen LogP contribution in [-0.4, -0.2) is 16.1 Å². The van der Waals surface area contributed by atoms with Crippen LogP contribution in [-0.2, 0) is 7.05 Å². The molecule has 0 fully saturated rings. The molecule has 0 N–H and O–H groups in total. The van der Waals surface area contributed by atoms with E-state index >= 15 is 0 Å². The van der Waals surface area contributed by atoms with E-state index in [1.165, 1.54) is 12.1 Å². The maximum atomic E-state index is 11.9. The van der Waals surface area contributed by atoms with Gasteiger partial charge in [0.1, 0.15) is 5.75 Å². The van der Waals surface area contributed by atoms with Gasteiger partial charge in [-0.25, -0.2) is 0 Å². The minimum atomic E-state index is -4.66. The first kappa shape index (κ1) is 11.5. The SMILES string of the molecule is Cn1nccc1-c1ccc(OC(F)(F)F)cc1. The minimum absolute atomic E-state index is 0.233. The summed E-state index contributed by atoms with van der Waals surface area (Å²) in [5.74, 6) is -0.233. The third kappa shape index (κ3) is 2.77. The quantitative estimate of drug-likeness (QED) is 0.809. The number of nitrogens with zero attached hydrogens (tertiary/aromatic N) is 2. The van der Waals surface area contributed by atoms with E-state index in [0.717, 1.165) is 11.3 Å². The van der Waals surface area contributed by atoms with Crippen LogP contribution in [0.1, 0.15) is 0 Å². The summed E-state index contributed by atoms with van der Waals surface area (Å²) < 4.78 is 41.2. The number of ether oxygens (including phenoxy) is 1. The zero-order chi connectivity index (χ0) is 12.5. The van der Waals surface area contributed by atoms with E-state index in [-0.39, 0.29) is 5.75 Å². The second kappa shape index (κ2) is 4.12. The van der Waals surface area contributed by atoms with Crippen molar-refractivity contribution < 1.29 is 17.9 Å². The van der Waals surface area contributed by atoms with Gasteiger partial charge in [0.25, 0.3) is 0 Å². The smallest absolute Gasteiger partial charge is 0.406 e. The van der Waals surface area contributed by atoms with Crippen molar-refractivity contribution in [2.45, 2.75) is 6.36 Å². The molecule has 0 saturated carbocycles. The van der Waals surface area contributed by atoms with E-state index in [2.05, 4.69) is 9.84 Å². The molecule has 90 valence electrons. The molecule has 2 aromatic rings. The molecule has 2 rings (SSSR count). The normalized spacial score (nSPS) is 11.5. The molecule has 0 saturated heterocycles. The van der Waals surface area contributed by atoms with Crippen molar-refractivity contribution in [3.63, 3.8) is 0 Å². The first-order chi connectivity index (χ1) is 7.96. The van der Waals surface area contributed by atoms with Crippen LogP contribution in [0.5, 0.6) is 5.75 Å². The fraction of sp³-hybridized carbons (Fsp3) is 0.182. The van der Waals surface area contributed by atoms with Gasteiger partial charge < -0.3 is 4.74 Å². The number of halogens is 3. The Kier molecular flexibility index (Phi) is 2.79. The van der Waals surface area contributed by atoms with Crippen LogP contribution in [0.15, 0.2) is 36.5 Å². The molecule has 17 heavy (non-hydrogen) atoms. The molecule has 0 aliphatic rings. The van der Waals surface area contributed by atoms with E-state index < -0.39 is 6.36 Å². The predicted molar refractivity (Wildman–Crippen MR) is 55.3 cm³/mol. The highest BCUT2D eigenvalue weighted by Crippen LogP contribution is 2.25. The van der Waals surface area contributed by atoms with Gasteiger partial charge in [0.2, 0.25) is 0 Å². The van der Waals surface area contributed by atoms with Crippen molar-refractivity contribution in [2.24, 2.45) is 7.05 Å². The zero-order valence-electron chi connectivity index (χ0n) is 8.90. The van der Waals surface area contributed by atoms with Gasteiger partial charge in [0.05, 0.1) is 5.69 Å². The zero-order valence-corrected chi connectivity index (χ0v) is 8.90. The molecule has 0 radical (unpaired) electrons. The Bertz CT molecular complexity index is 502. The van der Waals surface area contributed by atoms with Crippen molar-refractivity contribution in [2.75, 3.05) is 0 Å². The molecule has 0 unspecified atom stereocenters. The summed E-state index contributed by atoms with van der Waals surface area (Å²) in [4.78, 5) is 0. The van der Waals surface area contributed by atoms with Crippen molar-refractivity contribution >= 4 is 0 Å². The third-order valence-corrected chi connectivity index (χ3v) is 2.20. The topological polar surface area (TPSA) is 27.1 Å². The number of aromatic nitrogens is 2. The lowest BCUT2D eigenvalue weighted by molar-refractivity contribution is -0.274. The maximum Gasteiger partial charge on any atom is 0.573 e. The van der Waals surface area contributed by atoms with Gasteiger partial charge in [0.15, 0.2) is 0 Å². The van der Waals surface area contributed by atoms with E-state index in [1.807, 2.05) is 0 Å². The van der Waals surface area contributed by atoms with Crippen LogP contribution in [0.4, 0.5) is 13.2 Å². The Balaban J connectivity index is 2.22. The van der Waals surface area contributed by atoms with E-state index in [4.69, 9.17) is 0 Å². The van der Waals surface area contributed by atoms with Crippen LogP contribution in [0.2, 0.25) is 0 Å². The number of rotatable bonds is 2. The summed E-state index contributed by atoms with van der Waals surface area (Å²) in [6.07, 6.45) is -3.04. The lowest BCUT2D eigenvalue weighted by Crippen LogP contribution is -2.16. The first-order valence-corrected chi connectivity index (χ1v) is 4.80. The molecule has 0 aliphatic heterocycles. The molecule has 6 heteroatoms. The van der Waals surface area contributed by atoms with Crippen LogP contribution >= 0.6 is 0 Å². The summed E-state index contributed by atoms with van der Waals surface area (Å²) in [5, 5.41) is 3.98. The van der Waals surface area contributed by atoms with Gasteiger partial charge in [0, 0.05) is 18.8 Å². The molecule has 0 amide bonds. The molecule has 1 aromatic carbocycles. The highest BCUT2D eigenvalue weighted by molar-refractivity contribution is 5.60. The second-order valence-electron chi connectivity index (χ2n) is 3.41. The van der Waals surface area contributed by atoms with E-state index in [1.54, 1.807) is 36.1 Å². The highest BCUT2D eigenvalue weighted by Gasteiger charge is 2.30. The maximum absolute atomic E-state index is 11.9. The average molecular weight is 242 g/mol. The molecule has 1 aromatic heterocycles. The molecule has 0 spiro atoms. The summed E-state index contributed by atoms with van der Waals surface area (Å²) in [6.45, 7) is 0. The Morgan fingerprint density at radius 1 is 1.12 bits per heavy atom. The number of hydrogen-bond acceptors (Lipinski definition) is 2. The third-order valence-electron chi connectivity index (χ3n) is 2.20. The number of alkyl halides is 3. The van der Waals surface area contributed by atoms with Crippen molar-refractivity contribution in [1.29, 1.82) is 0 Å². The number of benzene rings is 1. The fourth-order valence-corrected chi connectivity index (χ4v) is 1.48. The molecular weight excluding hydrogens is 233 g/mol. The first-order valence-electron chi connectivity index (χ1n) is 4.80. The summed E-state index contributed by atoms with van der Waals surface area (Å²) in [5.41, 5.74) is 1.60. The Morgan fingerprint density at radius 3 is 2.24 bits per heavy atom. The van der Waals surface area contributed by atoms with Gasteiger partial charge in [-0.05, 0) is 30.3 Å². The van der Waals surface area contributed by atoms with Crippen LogP contribution in [0.3, 0.4) is 0 Å². The predicted octanol–water partition coefficient (Wildman–Crippen LogP) is 2.99.